The highest BCUT2D eigenvalue weighted by atomic mass is 79.9. The molecule has 5 nitrogen and oxygen atoms in total. The van der Waals surface area contributed by atoms with Crippen molar-refractivity contribution in [2.75, 3.05) is 31.1 Å². The molecule has 0 spiro atoms. The minimum Gasteiger partial charge on any atom is -0.364 e. The second-order valence-corrected chi connectivity index (χ2v) is 6.41. The Hall–Kier alpha value is -1.14. The molecule has 2 saturated heterocycles. The fraction of sp³-hybridized carbons (Fsp3) is 0.600. The number of hydrogen-bond acceptors (Lipinski definition) is 4. The number of fused-ring (bicyclic) bond motifs is 1. The first-order valence-corrected chi connectivity index (χ1v) is 8.63. The first-order valence-electron chi connectivity index (χ1n) is 7.51. The van der Waals surface area contributed by atoms with E-state index < -0.39 is 0 Å². The zero-order chi connectivity index (χ0) is 14.8. The summed E-state index contributed by atoms with van der Waals surface area (Å²) >= 11 is 3.37. The van der Waals surface area contributed by atoms with Gasteiger partial charge in [0.05, 0.1) is 4.92 Å². The van der Waals surface area contributed by atoms with Crippen LogP contribution in [0.5, 0.6) is 0 Å². The van der Waals surface area contributed by atoms with Crippen LogP contribution in [0, 0.1) is 10.1 Å². The second kappa shape index (κ2) is 6.32. The Morgan fingerprint density at radius 2 is 2.10 bits per heavy atom. The summed E-state index contributed by atoms with van der Waals surface area (Å²) in [5.74, 6) is 0. The number of benzene rings is 1. The average Bonchev–Trinajstić information content (AvgIpc) is 2.83. The lowest BCUT2D eigenvalue weighted by Crippen LogP contribution is -2.36. The van der Waals surface area contributed by atoms with Gasteiger partial charge in [0.25, 0.3) is 5.69 Å². The van der Waals surface area contributed by atoms with E-state index in [1.54, 1.807) is 6.07 Å². The van der Waals surface area contributed by atoms with Gasteiger partial charge in [-0.15, -0.1) is 0 Å². The van der Waals surface area contributed by atoms with Gasteiger partial charge in [-0.3, -0.25) is 15.0 Å². The number of nitro groups is 1. The van der Waals surface area contributed by atoms with Gasteiger partial charge in [0.1, 0.15) is 5.69 Å². The zero-order valence-corrected chi connectivity index (χ0v) is 13.6. The van der Waals surface area contributed by atoms with E-state index in [1.807, 2.05) is 12.1 Å². The molecule has 0 aromatic heterocycles. The number of nitrogens with zero attached hydrogens (tertiary/aromatic N) is 3. The maximum atomic E-state index is 11.4. The van der Waals surface area contributed by atoms with Gasteiger partial charge in [-0.1, -0.05) is 22.0 Å². The summed E-state index contributed by atoms with van der Waals surface area (Å²) < 4.78 is 0. The molecule has 1 aromatic carbocycles. The van der Waals surface area contributed by atoms with Crippen LogP contribution in [0.25, 0.3) is 0 Å². The molecule has 3 rings (SSSR count). The van der Waals surface area contributed by atoms with Crippen LogP contribution in [0.4, 0.5) is 11.4 Å². The van der Waals surface area contributed by atoms with Crippen LogP contribution in [0.1, 0.15) is 24.8 Å². The van der Waals surface area contributed by atoms with Crippen molar-refractivity contribution in [3.8, 4) is 0 Å². The number of halogens is 1. The largest absolute Gasteiger partial charge is 0.364 e. The van der Waals surface area contributed by atoms with Crippen molar-refractivity contribution in [3.05, 3.63) is 33.9 Å². The lowest BCUT2D eigenvalue weighted by Gasteiger charge is -2.27. The highest BCUT2D eigenvalue weighted by Gasteiger charge is 2.31. The van der Waals surface area contributed by atoms with Gasteiger partial charge < -0.3 is 4.90 Å². The summed E-state index contributed by atoms with van der Waals surface area (Å²) in [6.07, 6.45) is 3.54. The van der Waals surface area contributed by atoms with Crippen molar-refractivity contribution in [2.45, 2.75) is 30.6 Å². The highest BCUT2D eigenvalue weighted by molar-refractivity contribution is 9.08. The van der Waals surface area contributed by atoms with Crippen LogP contribution in [0.15, 0.2) is 18.2 Å². The fourth-order valence-electron chi connectivity index (χ4n) is 3.49. The molecular weight excluding hydrogens is 334 g/mol. The molecule has 1 unspecified atom stereocenters. The van der Waals surface area contributed by atoms with E-state index >= 15 is 0 Å². The molecule has 1 atom stereocenters. The van der Waals surface area contributed by atoms with Gasteiger partial charge in [0.15, 0.2) is 0 Å². The van der Waals surface area contributed by atoms with Gasteiger partial charge in [-0.25, -0.2) is 0 Å². The van der Waals surface area contributed by atoms with Gasteiger partial charge in [-0.05, 0) is 37.4 Å². The molecule has 2 heterocycles. The summed E-state index contributed by atoms with van der Waals surface area (Å²) in [7, 11) is 0. The predicted molar refractivity (Wildman–Crippen MR) is 87.2 cm³/mol. The Bertz CT molecular complexity index is 538. The molecule has 114 valence electrons. The molecule has 2 aliphatic rings. The Kier molecular flexibility index (Phi) is 4.45. The number of hydrogen-bond donors (Lipinski definition) is 0. The van der Waals surface area contributed by atoms with Crippen molar-refractivity contribution in [1.82, 2.24) is 4.90 Å². The Morgan fingerprint density at radius 3 is 2.86 bits per heavy atom. The van der Waals surface area contributed by atoms with Crippen LogP contribution in [0.2, 0.25) is 0 Å². The van der Waals surface area contributed by atoms with Crippen molar-refractivity contribution in [1.29, 1.82) is 0 Å². The van der Waals surface area contributed by atoms with Crippen LogP contribution in [0.3, 0.4) is 0 Å². The SMILES string of the molecule is O=[N+]([O-])c1cc(CBr)ccc1N1CCCN2CCCC2C1. The third-order valence-electron chi connectivity index (χ3n) is 4.54. The van der Waals surface area contributed by atoms with Crippen LogP contribution >= 0.6 is 15.9 Å². The van der Waals surface area contributed by atoms with Crippen LogP contribution in [-0.4, -0.2) is 42.0 Å². The molecule has 1 aromatic rings. The van der Waals surface area contributed by atoms with E-state index in [-0.39, 0.29) is 10.6 Å². The maximum absolute atomic E-state index is 11.4. The summed E-state index contributed by atoms with van der Waals surface area (Å²) in [6, 6.07) is 6.15. The summed E-state index contributed by atoms with van der Waals surface area (Å²) in [5.41, 5.74) is 1.96. The minimum absolute atomic E-state index is 0.235. The molecule has 2 fully saturated rings. The number of alkyl halides is 1. The second-order valence-electron chi connectivity index (χ2n) is 5.85. The monoisotopic (exact) mass is 353 g/mol. The molecule has 6 heteroatoms. The zero-order valence-electron chi connectivity index (χ0n) is 12.0. The van der Waals surface area contributed by atoms with Gasteiger partial charge >= 0.3 is 0 Å². The topological polar surface area (TPSA) is 49.6 Å². The lowest BCUT2D eigenvalue weighted by atomic mass is 10.1. The molecular formula is C15H20BrN3O2. The molecule has 21 heavy (non-hydrogen) atoms. The van der Waals surface area contributed by atoms with Gasteiger partial charge in [0, 0.05) is 37.1 Å². The third-order valence-corrected chi connectivity index (χ3v) is 5.18. The Balaban J connectivity index is 1.89. The molecule has 0 amide bonds. The lowest BCUT2D eigenvalue weighted by molar-refractivity contribution is -0.384. The minimum atomic E-state index is -0.251. The summed E-state index contributed by atoms with van der Waals surface area (Å²) in [4.78, 5) is 15.9. The molecule has 2 aliphatic heterocycles. The molecule has 0 aliphatic carbocycles. The number of nitro benzene ring substituents is 1. The van der Waals surface area contributed by atoms with Gasteiger partial charge in [0.2, 0.25) is 0 Å². The first-order chi connectivity index (χ1) is 10.2. The van der Waals surface area contributed by atoms with Crippen LogP contribution in [-0.2, 0) is 5.33 Å². The third kappa shape index (κ3) is 3.06. The maximum Gasteiger partial charge on any atom is 0.292 e. The number of rotatable bonds is 3. The summed E-state index contributed by atoms with van der Waals surface area (Å²) in [5, 5.41) is 12.0. The van der Waals surface area contributed by atoms with E-state index in [2.05, 4.69) is 25.7 Å². The van der Waals surface area contributed by atoms with Crippen molar-refractivity contribution in [3.63, 3.8) is 0 Å². The highest BCUT2D eigenvalue weighted by Crippen LogP contribution is 2.32. The molecule has 0 saturated carbocycles. The van der Waals surface area contributed by atoms with E-state index in [0.717, 1.165) is 37.3 Å². The Morgan fingerprint density at radius 1 is 1.29 bits per heavy atom. The van der Waals surface area contributed by atoms with E-state index in [1.165, 1.54) is 19.4 Å². The van der Waals surface area contributed by atoms with Gasteiger partial charge in [-0.2, -0.15) is 0 Å². The fourth-order valence-corrected chi connectivity index (χ4v) is 3.84. The van der Waals surface area contributed by atoms with E-state index in [9.17, 15) is 10.1 Å². The van der Waals surface area contributed by atoms with E-state index in [0.29, 0.717) is 11.4 Å². The standard InChI is InChI=1S/C15H20BrN3O2/c16-10-12-4-5-14(15(9-12)19(20)21)18-8-2-7-17-6-1-3-13(17)11-18/h4-5,9,13H,1-3,6-8,10-11H2. The first kappa shape index (κ1) is 14.8. The smallest absolute Gasteiger partial charge is 0.292 e. The molecule has 0 bridgehead atoms. The van der Waals surface area contributed by atoms with E-state index in [4.69, 9.17) is 0 Å². The van der Waals surface area contributed by atoms with Crippen LogP contribution < -0.4 is 4.90 Å². The Labute approximate surface area is 133 Å². The van der Waals surface area contributed by atoms with Crippen molar-refractivity contribution in [2.24, 2.45) is 0 Å². The average molecular weight is 354 g/mol. The molecule has 0 radical (unpaired) electrons. The number of anilines is 1. The van der Waals surface area contributed by atoms with Crippen molar-refractivity contribution >= 4 is 27.3 Å². The van der Waals surface area contributed by atoms with Crippen molar-refractivity contribution < 1.29 is 4.92 Å². The molecule has 0 N–H and O–H groups in total. The summed E-state index contributed by atoms with van der Waals surface area (Å²) in [6.45, 7) is 4.12. The predicted octanol–water partition coefficient (Wildman–Crippen LogP) is 3.16. The normalized spacial score (nSPS) is 22.9. The quantitative estimate of drug-likeness (QED) is 0.475.